The van der Waals surface area contributed by atoms with E-state index in [2.05, 4.69) is 4.98 Å². The van der Waals surface area contributed by atoms with Crippen LogP contribution in [0.5, 0.6) is 0 Å². The van der Waals surface area contributed by atoms with E-state index in [1.807, 2.05) is 4.90 Å². The molecule has 0 saturated carbocycles. The Balaban J connectivity index is 1.72. The SMILES string of the molecule is C[C@H]1CN(c2nc(=O)n3c4c(c(-c5ccc(F)cc5F)c(Cl)cc24)SCC3)CCN1C(=O)O. The Bertz CT molecular complexity index is 1370. The highest BCUT2D eigenvalue weighted by Gasteiger charge is 2.31. The molecule has 7 nitrogen and oxygen atoms in total. The van der Waals surface area contributed by atoms with Gasteiger partial charge in [-0.15, -0.1) is 11.8 Å². The number of carbonyl (C=O) groups is 1. The lowest BCUT2D eigenvalue weighted by Gasteiger charge is -2.39. The van der Waals surface area contributed by atoms with Crippen LogP contribution in [0.4, 0.5) is 19.4 Å². The number of hydrogen-bond donors (Lipinski definition) is 1. The number of amides is 1. The number of piperazine rings is 1. The molecule has 172 valence electrons. The molecule has 1 aromatic heterocycles. The Morgan fingerprint density at radius 3 is 2.73 bits per heavy atom. The van der Waals surface area contributed by atoms with E-state index < -0.39 is 23.4 Å². The standard InChI is InChI=1S/C22H19ClF2N4O3S/c1-11-10-27(4-5-28(11)22(31)32)20-14-9-15(23)17(13-3-2-12(24)8-16(13)25)19-18(14)29(6-7-33-19)21(30)26-20/h2-3,8-9,11H,4-7,10H2,1H3,(H,31,32)/t11-/m0/s1. The monoisotopic (exact) mass is 492 g/mol. The lowest BCUT2D eigenvalue weighted by atomic mass is 10.0. The van der Waals surface area contributed by atoms with E-state index in [4.69, 9.17) is 11.6 Å². The molecule has 1 saturated heterocycles. The maximum absolute atomic E-state index is 14.7. The van der Waals surface area contributed by atoms with E-state index >= 15 is 0 Å². The molecule has 1 N–H and O–H groups in total. The molecule has 0 aliphatic carbocycles. The van der Waals surface area contributed by atoms with Gasteiger partial charge in [0.25, 0.3) is 0 Å². The maximum Gasteiger partial charge on any atom is 0.407 e. The van der Waals surface area contributed by atoms with Crippen molar-refractivity contribution in [2.24, 2.45) is 0 Å². The number of aryl methyl sites for hydroxylation is 1. The smallest absolute Gasteiger partial charge is 0.407 e. The largest absolute Gasteiger partial charge is 0.465 e. The molecule has 1 atom stereocenters. The van der Waals surface area contributed by atoms with E-state index in [0.29, 0.717) is 52.6 Å². The van der Waals surface area contributed by atoms with Crippen LogP contribution in [0.3, 0.4) is 0 Å². The summed E-state index contributed by atoms with van der Waals surface area (Å²) < 4.78 is 29.8. The molecule has 3 aromatic rings. The van der Waals surface area contributed by atoms with E-state index in [1.165, 1.54) is 28.8 Å². The highest BCUT2D eigenvalue weighted by molar-refractivity contribution is 7.99. The van der Waals surface area contributed by atoms with Gasteiger partial charge in [0, 0.05) is 65.4 Å². The summed E-state index contributed by atoms with van der Waals surface area (Å²) in [6, 6.07) is 4.70. The predicted molar refractivity (Wildman–Crippen MR) is 123 cm³/mol. The van der Waals surface area contributed by atoms with Crippen molar-refractivity contribution in [3.05, 3.63) is 51.4 Å². The van der Waals surface area contributed by atoms with Crippen LogP contribution in [0.2, 0.25) is 5.02 Å². The van der Waals surface area contributed by atoms with Crippen molar-refractivity contribution in [1.82, 2.24) is 14.5 Å². The number of thioether (sulfide) groups is 1. The van der Waals surface area contributed by atoms with Crippen LogP contribution in [-0.2, 0) is 6.54 Å². The Kier molecular flexibility index (Phi) is 5.44. The molecule has 2 aliphatic rings. The molecule has 1 amide bonds. The second-order valence-electron chi connectivity index (χ2n) is 8.07. The zero-order chi connectivity index (χ0) is 23.4. The van der Waals surface area contributed by atoms with Crippen LogP contribution in [0.25, 0.3) is 22.0 Å². The number of rotatable bonds is 2. The molecule has 2 aliphatic heterocycles. The second kappa shape index (κ2) is 8.18. The van der Waals surface area contributed by atoms with E-state index in [1.54, 1.807) is 17.6 Å². The molecular formula is C22H19ClF2N4O3S. The minimum Gasteiger partial charge on any atom is -0.465 e. The Morgan fingerprint density at radius 2 is 2.03 bits per heavy atom. The van der Waals surface area contributed by atoms with Crippen LogP contribution in [0, 0.1) is 11.6 Å². The number of carboxylic acid groups (broad SMARTS) is 1. The van der Waals surface area contributed by atoms with Gasteiger partial charge in [-0.2, -0.15) is 4.98 Å². The molecule has 11 heteroatoms. The Morgan fingerprint density at radius 1 is 1.24 bits per heavy atom. The summed E-state index contributed by atoms with van der Waals surface area (Å²) in [6.45, 7) is 3.26. The van der Waals surface area contributed by atoms with Crippen molar-refractivity contribution in [3.63, 3.8) is 0 Å². The third-order valence-electron chi connectivity index (χ3n) is 6.08. The highest BCUT2D eigenvalue weighted by atomic mass is 35.5. The van der Waals surface area contributed by atoms with Gasteiger partial charge in [-0.25, -0.2) is 18.4 Å². The van der Waals surface area contributed by atoms with Crippen molar-refractivity contribution in [2.45, 2.75) is 24.4 Å². The van der Waals surface area contributed by atoms with Gasteiger partial charge in [0.05, 0.1) is 10.5 Å². The number of hydrogen-bond acceptors (Lipinski definition) is 5. The molecule has 2 aromatic carbocycles. The second-order valence-corrected chi connectivity index (χ2v) is 9.58. The summed E-state index contributed by atoms with van der Waals surface area (Å²) >= 11 is 8.12. The maximum atomic E-state index is 14.7. The average molecular weight is 493 g/mol. The van der Waals surface area contributed by atoms with E-state index in [0.717, 1.165) is 6.07 Å². The topological polar surface area (TPSA) is 78.7 Å². The van der Waals surface area contributed by atoms with Gasteiger partial charge in [0.15, 0.2) is 0 Å². The van der Waals surface area contributed by atoms with Gasteiger partial charge in [0.1, 0.15) is 17.5 Å². The molecule has 0 radical (unpaired) electrons. The number of aromatic nitrogens is 2. The van der Waals surface area contributed by atoms with Gasteiger partial charge in [0.2, 0.25) is 0 Å². The third-order valence-corrected chi connectivity index (χ3v) is 7.46. The molecule has 0 unspecified atom stereocenters. The van der Waals surface area contributed by atoms with Crippen LogP contribution in [0.1, 0.15) is 6.92 Å². The van der Waals surface area contributed by atoms with Crippen LogP contribution in [0.15, 0.2) is 34.0 Å². The molecule has 5 rings (SSSR count). The summed E-state index contributed by atoms with van der Waals surface area (Å²) in [6.07, 6.45) is -0.988. The highest BCUT2D eigenvalue weighted by Crippen LogP contribution is 2.46. The first-order valence-electron chi connectivity index (χ1n) is 10.4. The molecule has 1 fully saturated rings. The first kappa shape index (κ1) is 22.0. The fraction of sp³-hybridized carbons (Fsp3) is 0.318. The summed E-state index contributed by atoms with van der Waals surface area (Å²) in [7, 11) is 0. The van der Waals surface area contributed by atoms with Crippen LogP contribution in [-0.4, -0.2) is 57.1 Å². The zero-order valence-electron chi connectivity index (χ0n) is 17.5. The minimum atomic E-state index is -0.988. The summed E-state index contributed by atoms with van der Waals surface area (Å²) in [5, 5.41) is 10.3. The zero-order valence-corrected chi connectivity index (χ0v) is 19.1. The first-order valence-corrected chi connectivity index (χ1v) is 11.7. The molecular weight excluding hydrogens is 474 g/mol. The molecule has 3 heterocycles. The molecule has 33 heavy (non-hydrogen) atoms. The summed E-state index contributed by atoms with van der Waals surface area (Å²) in [5.74, 6) is -0.416. The van der Waals surface area contributed by atoms with Crippen LogP contribution < -0.4 is 10.6 Å². The third kappa shape index (κ3) is 3.61. The van der Waals surface area contributed by atoms with Crippen molar-refractivity contribution >= 4 is 46.2 Å². The summed E-state index contributed by atoms with van der Waals surface area (Å²) in [4.78, 5) is 32.6. The van der Waals surface area contributed by atoms with Crippen LogP contribution >= 0.6 is 23.4 Å². The first-order chi connectivity index (χ1) is 15.8. The lowest BCUT2D eigenvalue weighted by Crippen LogP contribution is -2.54. The van der Waals surface area contributed by atoms with E-state index in [-0.39, 0.29) is 23.2 Å². The number of benzene rings is 2. The fourth-order valence-corrected chi connectivity index (χ4v) is 6.13. The normalized spacial score (nSPS) is 18.1. The van der Waals surface area contributed by atoms with Crippen molar-refractivity contribution in [2.75, 3.05) is 30.3 Å². The van der Waals surface area contributed by atoms with Gasteiger partial charge in [-0.1, -0.05) is 11.6 Å². The summed E-state index contributed by atoms with van der Waals surface area (Å²) in [5.41, 5.74) is 0.757. The quantitative estimate of drug-likeness (QED) is 0.575. The van der Waals surface area contributed by atoms with Gasteiger partial charge in [-0.3, -0.25) is 4.57 Å². The van der Waals surface area contributed by atoms with E-state index in [9.17, 15) is 23.5 Å². The lowest BCUT2D eigenvalue weighted by molar-refractivity contribution is 0.122. The number of halogens is 3. The Hall–Kier alpha value is -2.85. The molecule has 0 bridgehead atoms. The fourth-order valence-electron chi connectivity index (χ4n) is 4.57. The Labute approximate surface area is 196 Å². The number of nitrogens with zero attached hydrogens (tertiary/aromatic N) is 4. The van der Waals surface area contributed by atoms with Crippen molar-refractivity contribution in [1.29, 1.82) is 0 Å². The van der Waals surface area contributed by atoms with Gasteiger partial charge >= 0.3 is 11.8 Å². The van der Waals surface area contributed by atoms with Crippen molar-refractivity contribution in [3.8, 4) is 11.1 Å². The average Bonchev–Trinajstić information content (AvgIpc) is 2.76. The molecule has 0 spiro atoms. The number of anilines is 1. The van der Waals surface area contributed by atoms with Crippen molar-refractivity contribution < 1.29 is 18.7 Å². The minimum absolute atomic E-state index is 0.161. The van der Waals surface area contributed by atoms with Gasteiger partial charge < -0.3 is 14.9 Å². The predicted octanol–water partition coefficient (Wildman–Crippen LogP) is 4.29. The van der Waals surface area contributed by atoms with Gasteiger partial charge in [-0.05, 0) is 25.1 Å².